The molecule has 2 atom stereocenters. The summed E-state index contributed by atoms with van der Waals surface area (Å²) in [5.74, 6) is -1.15. The zero-order chi connectivity index (χ0) is 24.4. The van der Waals surface area contributed by atoms with Crippen LogP contribution in [0.4, 0.5) is 11.4 Å². The van der Waals surface area contributed by atoms with E-state index in [-0.39, 0.29) is 23.8 Å². The van der Waals surface area contributed by atoms with Gasteiger partial charge in [-0.25, -0.2) is 0 Å². The second kappa shape index (κ2) is 9.65. The SMILES string of the molecule is CCC(Oc1c(OC)cc(Cl)cc1C1Nc2ccccc2C(=O)N1c1cccc(C)c1)C(=O)[O-]. The zero-order valence-corrected chi connectivity index (χ0v) is 19.8. The summed E-state index contributed by atoms with van der Waals surface area (Å²) in [6, 6.07) is 17.9. The van der Waals surface area contributed by atoms with E-state index in [1.54, 1.807) is 30.0 Å². The van der Waals surface area contributed by atoms with Crippen LogP contribution in [0.15, 0.2) is 60.7 Å². The van der Waals surface area contributed by atoms with E-state index in [0.29, 0.717) is 27.5 Å². The fourth-order valence-corrected chi connectivity index (χ4v) is 4.24. The molecule has 1 amide bonds. The summed E-state index contributed by atoms with van der Waals surface area (Å²) in [6.07, 6.45) is -1.80. The fourth-order valence-electron chi connectivity index (χ4n) is 4.03. The quantitative estimate of drug-likeness (QED) is 0.542. The maximum absolute atomic E-state index is 13.7. The molecule has 0 fully saturated rings. The molecule has 1 heterocycles. The van der Waals surface area contributed by atoms with Gasteiger partial charge in [-0.1, -0.05) is 42.8 Å². The lowest BCUT2D eigenvalue weighted by atomic mass is 10.0. The second-order valence-corrected chi connectivity index (χ2v) is 8.40. The number of anilines is 2. The minimum absolute atomic E-state index is 0.172. The van der Waals surface area contributed by atoms with Crippen molar-refractivity contribution < 1.29 is 24.2 Å². The number of methoxy groups -OCH3 is 1. The van der Waals surface area contributed by atoms with Crippen LogP contribution in [0.5, 0.6) is 11.5 Å². The van der Waals surface area contributed by atoms with Crippen LogP contribution in [-0.2, 0) is 4.79 Å². The Balaban J connectivity index is 1.94. The van der Waals surface area contributed by atoms with E-state index < -0.39 is 18.2 Å². The number of nitrogens with zero attached hydrogens (tertiary/aromatic N) is 1. The molecule has 0 aliphatic carbocycles. The van der Waals surface area contributed by atoms with Crippen molar-refractivity contribution in [2.75, 3.05) is 17.3 Å². The summed E-state index contributed by atoms with van der Waals surface area (Å²) in [6.45, 7) is 3.62. The third-order valence-electron chi connectivity index (χ3n) is 5.66. The lowest BCUT2D eigenvalue weighted by molar-refractivity contribution is -0.313. The molecule has 7 nitrogen and oxygen atoms in total. The highest BCUT2D eigenvalue weighted by molar-refractivity contribution is 6.31. The third kappa shape index (κ3) is 4.39. The highest BCUT2D eigenvalue weighted by Gasteiger charge is 2.37. The summed E-state index contributed by atoms with van der Waals surface area (Å²) in [5.41, 5.74) is 3.24. The maximum Gasteiger partial charge on any atom is 0.262 e. The summed E-state index contributed by atoms with van der Waals surface area (Å²) in [5, 5.41) is 15.4. The molecule has 0 bridgehead atoms. The first-order valence-electron chi connectivity index (χ1n) is 10.8. The predicted molar refractivity (Wildman–Crippen MR) is 129 cm³/mol. The number of para-hydroxylation sites is 1. The highest BCUT2D eigenvalue weighted by Crippen LogP contribution is 2.44. The van der Waals surface area contributed by atoms with Crippen LogP contribution in [-0.4, -0.2) is 25.1 Å². The van der Waals surface area contributed by atoms with Gasteiger partial charge < -0.3 is 24.7 Å². The van der Waals surface area contributed by atoms with Gasteiger partial charge in [0, 0.05) is 28.0 Å². The summed E-state index contributed by atoms with van der Waals surface area (Å²) in [4.78, 5) is 27.0. The molecular formula is C26H24ClN2O5-. The summed E-state index contributed by atoms with van der Waals surface area (Å²) >= 11 is 6.41. The molecule has 4 rings (SSSR count). The van der Waals surface area contributed by atoms with Gasteiger partial charge in [-0.3, -0.25) is 9.69 Å². The Labute approximate surface area is 202 Å². The molecule has 8 heteroatoms. The van der Waals surface area contributed by atoms with Crippen molar-refractivity contribution in [3.8, 4) is 11.5 Å². The number of benzene rings is 3. The van der Waals surface area contributed by atoms with Crippen molar-refractivity contribution in [3.05, 3.63) is 82.4 Å². The van der Waals surface area contributed by atoms with Crippen molar-refractivity contribution in [3.63, 3.8) is 0 Å². The number of rotatable bonds is 7. The van der Waals surface area contributed by atoms with E-state index in [1.165, 1.54) is 13.2 Å². The molecule has 0 aromatic heterocycles. The monoisotopic (exact) mass is 479 g/mol. The van der Waals surface area contributed by atoms with E-state index in [9.17, 15) is 14.7 Å². The number of hydrogen-bond donors (Lipinski definition) is 1. The van der Waals surface area contributed by atoms with Gasteiger partial charge in [0.15, 0.2) is 11.5 Å². The number of aliphatic carboxylic acids is 1. The summed E-state index contributed by atoms with van der Waals surface area (Å²) < 4.78 is 11.4. The Hall–Kier alpha value is -3.71. The van der Waals surface area contributed by atoms with E-state index in [1.807, 2.05) is 43.3 Å². The molecule has 0 spiro atoms. The van der Waals surface area contributed by atoms with Gasteiger partial charge in [0.05, 0.1) is 18.6 Å². The molecule has 3 aromatic carbocycles. The Morgan fingerprint density at radius 3 is 2.62 bits per heavy atom. The highest BCUT2D eigenvalue weighted by atomic mass is 35.5. The number of ether oxygens (including phenoxy) is 2. The first kappa shape index (κ1) is 23.4. The van der Waals surface area contributed by atoms with Crippen LogP contribution in [0.1, 0.15) is 41.0 Å². The largest absolute Gasteiger partial charge is 0.546 e. The van der Waals surface area contributed by atoms with E-state index in [0.717, 1.165) is 5.56 Å². The molecule has 176 valence electrons. The number of halogens is 1. The average Bonchev–Trinajstić information content (AvgIpc) is 2.82. The number of hydrogen-bond acceptors (Lipinski definition) is 6. The van der Waals surface area contributed by atoms with Crippen LogP contribution in [0.25, 0.3) is 0 Å². The smallest absolute Gasteiger partial charge is 0.262 e. The van der Waals surface area contributed by atoms with Gasteiger partial charge in [-0.05, 0) is 49.2 Å². The lowest BCUT2D eigenvalue weighted by Crippen LogP contribution is -2.44. The summed E-state index contributed by atoms with van der Waals surface area (Å²) in [7, 11) is 1.44. The van der Waals surface area contributed by atoms with E-state index in [4.69, 9.17) is 21.1 Å². The molecule has 1 aliphatic heterocycles. The zero-order valence-electron chi connectivity index (χ0n) is 19.0. The van der Waals surface area contributed by atoms with Crippen LogP contribution < -0.4 is 24.8 Å². The molecule has 1 aliphatic rings. The van der Waals surface area contributed by atoms with Crippen molar-refractivity contribution in [2.45, 2.75) is 32.5 Å². The van der Waals surface area contributed by atoms with Crippen molar-refractivity contribution in [1.82, 2.24) is 0 Å². The standard InChI is InChI=1S/C26H25ClN2O5/c1-4-21(26(31)32)34-23-19(13-16(27)14-22(23)33-3)24-28-20-11-6-5-10-18(20)25(30)29(24)17-9-7-8-15(2)12-17/h5-14,21,24,28H,4H2,1-3H3,(H,31,32)/p-1. The van der Waals surface area contributed by atoms with Gasteiger partial charge in [-0.15, -0.1) is 0 Å². The van der Waals surface area contributed by atoms with Gasteiger partial charge in [0.25, 0.3) is 5.91 Å². The first-order valence-corrected chi connectivity index (χ1v) is 11.2. The minimum Gasteiger partial charge on any atom is -0.546 e. The molecule has 0 saturated heterocycles. The van der Waals surface area contributed by atoms with Gasteiger partial charge in [0.1, 0.15) is 12.3 Å². The maximum atomic E-state index is 13.7. The topological polar surface area (TPSA) is 90.9 Å². The number of fused-ring (bicyclic) bond motifs is 1. The van der Waals surface area contributed by atoms with Crippen LogP contribution in [0.3, 0.4) is 0 Å². The molecule has 1 N–H and O–H groups in total. The fraction of sp³-hybridized carbons (Fsp3) is 0.231. The normalized spacial score (nSPS) is 15.8. The molecule has 0 saturated carbocycles. The molecular weight excluding hydrogens is 456 g/mol. The molecule has 3 aromatic rings. The number of aryl methyl sites for hydroxylation is 1. The second-order valence-electron chi connectivity index (χ2n) is 7.97. The third-order valence-corrected chi connectivity index (χ3v) is 5.88. The number of carbonyl (C=O) groups is 2. The first-order chi connectivity index (χ1) is 16.3. The number of carboxylic acids is 1. The number of nitrogens with one attached hydrogen (secondary N) is 1. The van der Waals surface area contributed by atoms with Gasteiger partial charge in [-0.2, -0.15) is 0 Å². The predicted octanol–water partition coefficient (Wildman–Crippen LogP) is 4.34. The Morgan fingerprint density at radius 1 is 1.18 bits per heavy atom. The molecule has 34 heavy (non-hydrogen) atoms. The minimum atomic E-state index is -1.35. The number of amides is 1. The van der Waals surface area contributed by atoms with E-state index in [2.05, 4.69) is 5.32 Å². The Kier molecular flexibility index (Phi) is 6.65. The molecule has 0 radical (unpaired) electrons. The van der Waals surface area contributed by atoms with Crippen molar-refractivity contribution >= 4 is 34.9 Å². The van der Waals surface area contributed by atoms with Crippen LogP contribution >= 0.6 is 11.6 Å². The Morgan fingerprint density at radius 2 is 1.94 bits per heavy atom. The van der Waals surface area contributed by atoms with Crippen LogP contribution in [0.2, 0.25) is 5.02 Å². The molecule has 2 unspecified atom stereocenters. The van der Waals surface area contributed by atoms with E-state index >= 15 is 0 Å². The van der Waals surface area contributed by atoms with Gasteiger partial charge in [0.2, 0.25) is 0 Å². The van der Waals surface area contributed by atoms with Gasteiger partial charge >= 0.3 is 0 Å². The number of carboxylic acid groups (broad SMARTS) is 1. The Bertz CT molecular complexity index is 1250. The number of carbonyl (C=O) groups excluding carboxylic acids is 2. The lowest BCUT2D eigenvalue weighted by Gasteiger charge is -2.39. The van der Waals surface area contributed by atoms with Crippen molar-refractivity contribution in [2.24, 2.45) is 0 Å². The van der Waals surface area contributed by atoms with Crippen molar-refractivity contribution in [1.29, 1.82) is 0 Å². The van der Waals surface area contributed by atoms with Crippen LogP contribution in [0, 0.1) is 6.92 Å². The average molecular weight is 480 g/mol.